The number of rotatable bonds is 3. The van der Waals surface area contributed by atoms with Gasteiger partial charge in [-0.2, -0.15) is 5.26 Å². The first-order chi connectivity index (χ1) is 13.5. The third-order valence-corrected chi connectivity index (χ3v) is 5.35. The minimum atomic E-state index is -0.588. The molecule has 4 rings (SSSR count). The van der Waals surface area contributed by atoms with E-state index in [2.05, 4.69) is 11.2 Å². The Morgan fingerprint density at radius 1 is 1.32 bits per heavy atom. The molecule has 2 fully saturated rings. The highest BCUT2D eigenvalue weighted by molar-refractivity contribution is 5.92. The predicted octanol–water partition coefficient (Wildman–Crippen LogP) is 2.48. The molecule has 0 aliphatic carbocycles. The highest BCUT2D eigenvalue weighted by Gasteiger charge is 2.47. The van der Waals surface area contributed by atoms with Crippen LogP contribution in [0, 0.1) is 18.3 Å². The monoisotopic (exact) mass is 380 g/mol. The van der Waals surface area contributed by atoms with Crippen molar-refractivity contribution in [3.63, 3.8) is 0 Å². The minimum absolute atomic E-state index is 0.171. The molecule has 1 spiro atoms. The van der Waals surface area contributed by atoms with E-state index in [1.54, 1.807) is 34.9 Å². The number of carbonyl (C=O) groups is 2. The molecule has 8 nitrogen and oxygen atoms in total. The maximum absolute atomic E-state index is 12.5. The number of hydrogen-bond acceptors (Lipinski definition) is 6. The third kappa shape index (κ3) is 3.31. The molecule has 144 valence electrons. The summed E-state index contributed by atoms with van der Waals surface area (Å²) in [4.78, 5) is 28.3. The summed E-state index contributed by atoms with van der Waals surface area (Å²) in [6, 6.07) is 11.0. The number of likely N-dealkylation sites (tertiary alicyclic amines) is 1. The molecule has 2 saturated heterocycles. The van der Waals surface area contributed by atoms with Gasteiger partial charge < -0.3 is 14.2 Å². The summed E-state index contributed by atoms with van der Waals surface area (Å²) in [6.45, 7) is 3.51. The highest BCUT2D eigenvalue weighted by atomic mass is 16.6. The van der Waals surface area contributed by atoms with E-state index in [0.29, 0.717) is 56.0 Å². The molecule has 2 aliphatic rings. The van der Waals surface area contributed by atoms with Gasteiger partial charge in [0, 0.05) is 32.0 Å². The molecule has 0 saturated carbocycles. The lowest BCUT2D eigenvalue weighted by molar-refractivity contribution is 0.00286. The number of benzene rings is 1. The summed E-state index contributed by atoms with van der Waals surface area (Å²) in [7, 11) is 0. The van der Waals surface area contributed by atoms with Crippen molar-refractivity contribution in [2.45, 2.75) is 31.9 Å². The fourth-order valence-corrected chi connectivity index (χ4v) is 3.79. The number of aryl methyl sites for hydroxylation is 1. The standard InChI is InChI=1S/C20H20N4O4/c1-14-10-17(22-28-14)18(25)23-8-6-20(7-9-23)13-24(19(26)27-20)12-16-5-3-2-4-15(16)11-21/h2-5,10H,6-9,12-13H2,1H3. The molecule has 0 radical (unpaired) electrons. The maximum atomic E-state index is 12.5. The fourth-order valence-electron chi connectivity index (χ4n) is 3.79. The molecule has 8 heteroatoms. The van der Waals surface area contributed by atoms with E-state index in [4.69, 9.17) is 9.26 Å². The largest absolute Gasteiger partial charge is 0.441 e. The molecule has 1 aromatic carbocycles. The van der Waals surface area contributed by atoms with Gasteiger partial charge >= 0.3 is 6.09 Å². The molecular weight excluding hydrogens is 360 g/mol. The molecular formula is C20H20N4O4. The summed E-state index contributed by atoms with van der Waals surface area (Å²) in [5, 5.41) is 13.0. The topological polar surface area (TPSA) is 99.7 Å². The number of ether oxygens (including phenoxy) is 1. The molecule has 1 aromatic heterocycles. The van der Waals surface area contributed by atoms with Crippen LogP contribution in [0.3, 0.4) is 0 Å². The molecule has 0 bridgehead atoms. The number of nitrogens with zero attached hydrogens (tertiary/aromatic N) is 4. The normalized spacial score (nSPS) is 18.2. The van der Waals surface area contributed by atoms with Crippen molar-refractivity contribution in [1.82, 2.24) is 15.0 Å². The van der Waals surface area contributed by atoms with Crippen LogP contribution in [0.1, 0.15) is 40.2 Å². The van der Waals surface area contributed by atoms with E-state index in [0.717, 1.165) is 5.56 Å². The van der Waals surface area contributed by atoms with Crippen molar-refractivity contribution in [2.24, 2.45) is 0 Å². The zero-order valence-corrected chi connectivity index (χ0v) is 15.6. The van der Waals surface area contributed by atoms with Crippen LogP contribution in [-0.4, -0.2) is 52.2 Å². The number of hydrogen-bond donors (Lipinski definition) is 0. The first-order valence-corrected chi connectivity index (χ1v) is 9.18. The van der Waals surface area contributed by atoms with Gasteiger partial charge in [-0.05, 0) is 18.6 Å². The molecule has 2 amide bonds. The van der Waals surface area contributed by atoms with Crippen LogP contribution in [-0.2, 0) is 11.3 Å². The summed E-state index contributed by atoms with van der Waals surface area (Å²) in [5.74, 6) is 0.422. The molecule has 0 unspecified atom stereocenters. The number of amides is 2. The highest BCUT2D eigenvalue weighted by Crippen LogP contribution is 2.34. The zero-order chi connectivity index (χ0) is 19.7. The Balaban J connectivity index is 1.40. The Morgan fingerprint density at radius 2 is 2.07 bits per heavy atom. The van der Waals surface area contributed by atoms with Crippen molar-refractivity contribution in [3.05, 3.63) is 52.9 Å². The number of nitriles is 1. The second-order valence-corrected chi connectivity index (χ2v) is 7.29. The average molecular weight is 380 g/mol. The van der Waals surface area contributed by atoms with Crippen LogP contribution in [0.5, 0.6) is 0 Å². The van der Waals surface area contributed by atoms with Crippen LogP contribution in [0.15, 0.2) is 34.9 Å². The van der Waals surface area contributed by atoms with Gasteiger partial charge in [0.1, 0.15) is 11.4 Å². The summed E-state index contributed by atoms with van der Waals surface area (Å²) in [6.07, 6.45) is 0.759. The summed E-state index contributed by atoms with van der Waals surface area (Å²) < 4.78 is 10.7. The number of aromatic nitrogens is 1. The van der Waals surface area contributed by atoms with Gasteiger partial charge in [-0.3, -0.25) is 9.69 Å². The van der Waals surface area contributed by atoms with E-state index in [9.17, 15) is 14.9 Å². The Bertz CT molecular complexity index is 953. The van der Waals surface area contributed by atoms with Gasteiger partial charge in [-0.25, -0.2) is 4.79 Å². The Labute approximate surface area is 162 Å². The zero-order valence-electron chi connectivity index (χ0n) is 15.6. The Hall–Kier alpha value is -3.34. The van der Waals surface area contributed by atoms with E-state index < -0.39 is 5.60 Å². The van der Waals surface area contributed by atoms with Crippen LogP contribution >= 0.6 is 0 Å². The van der Waals surface area contributed by atoms with Crippen molar-refractivity contribution in [2.75, 3.05) is 19.6 Å². The van der Waals surface area contributed by atoms with Crippen molar-refractivity contribution in [1.29, 1.82) is 5.26 Å². The van der Waals surface area contributed by atoms with E-state index in [1.807, 2.05) is 12.1 Å². The van der Waals surface area contributed by atoms with Gasteiger partial charge in [0.15, 0.2) is 5.69 Å². The molecule has 2 aromatic rings. The van der Waals surface area contributed by atoms with Gasteiger partial charge in [-0.1, -0.05) is 23.4 Å². The summed E-state index contributed by atoms with van der Waals surface area (Å²) in [5.41, 5.74) is 1.06. The van der Waals surface area contributed by atoms with E-state index in [-0.39, 0.29) is 12.0 Å². The lowest BCUT2D eigenvalue weighted by Gasteiger charge is -2.37. The van der Waals surface area contributed by atoms with Crippen LogP contribution in [0.25, 0.3) is 0 Å². The van der Waals surface area contributed by atoms with Crippen molar-refractivity contribution < 1.29 is 18.8 Å². The lowest BCUT2D eigenvalue weighted by Crippen LogP contribution is -2.48. The van der Waals surface area contributed by atoms with Gasteiger partial charge in [0.2, 0.25) is 0 Å². The van der Waals surface area contributed by atoms with Crippen LogP contribution < -0.4 is 0 Å². The molecule has 0 N–H and O–H groups in total. The second-order valence-electron chi connectivity index (χ2n) is 7.29. The second kappa shape index (κ2) is 7.00. The maximum Gasteiger partial charge on any atom is 0.410 e. The van der Waals surface area contributed by atoms with Gasteiger partial charge in [0.05, 0.1) is 24.7 Å². The SMILES string of the molecule is Cc1cc(C(=O)N2CCC3(CC2)CN(Cc2ccccc2C#N)C(=O)O3)no1. The lowest BCUT2D eigenvalue weighted by atomic mass is 9.91. The number of carbonyl (C=O) groups excluding carboxylic acids is 2. The van der Waals surface area contributed by atoms with Gasteiger partial charge in [0.25, 0.3) is 5.91 Å². The molecule has 2 aliphatic heterocycles. The van der Waals surface area contributed by atoms with Crippen LogP contribution in [0.2, 0.25) is 0 Å². The quantitative estimate of drug-likeness (QED) is 0.811. The van der Waals surface area contributed by atoms with Gasteiger partial charge in [-0.15, -0.1) is 0 Å². The van der Waals surface area contributed by atoms with E-state index >= 15 is 0 Å². The minimum Gasteiger partial charge on any atom is -0.441 e. The smallest absolute Gasteiger partial charge is 0.410 e. The average Bonchev–Trinajstić information content (AvgIpc) is 3.26. The predicted molar refractivity (Wildman–Crippen MR) is 97.2 cm³/mol. The number of piperidine rings is 1. The Kier molecular flexibility index (Phi) is 4.51. The molecule has 28 heavy (non-hydrogen) atoms. The van der Waals surface area contributed by atoms with E-state index in [1.165, 1.54) is 0 Å². The molecule has 0 atom stereocenters. The first kappa shape index (κ1) is 18.0. The van der Waals surface area contributed by atoms with Crippen molar-refractivity contribution >= 4 is 12.0 Å². The van der Waals surface area contributed by atoms with Crippen LogP contribution in [0.4, 0.5) is 4.79 Å². The first-order valence-electron chi connectivity index (χ1n) is 9.18. The third-order valence-electron chi connectivity index (χ3n) is 5.35. The Morgan fingerprint density at radius 3 is 2.75 bits per heavy atom. The summed E-state index contributed by atoms with van der Waals surface area (Å²) >= 11 is 0. The molecule has 3 heterocycles. The fraction of sp³-hybridized carbons (Fsp3) is 0.400. The van der Waals surface area contributed by atoms with Crippen molar-refractivity contribution in [3.8, 4) is 6.07 Å².